The number of rotatable bonds is 7. The zero-order valence-electron chi connectivity index (χ0n) is 18.9. The van der Waals surface area contributed by atoms with Gasteiger partial charge in [-0.05, 0) is 41.4 Å². The highest BCUT2D eigenvalue weighted by Gasteiger charge is 2.40. The van der Waals surface area contributed by atoms with Crippen LogP contribution in [0.3, 0.4) is 0 Å². The van der Waals surface area contributed by atoms with Crippen LogP contribution in [0.4, 0.5) is 23.7 Å². The van der Waals surface area contributed by atoms with Crippen LogP contribution in [0.15, 0.2) is 39.6 Å². The molecule has 0 bridgehead atoms. The number of halogens is 4. The van der Waals surface area contributed by atoms with Crippen molar-refractivity contribution in [3.8, 4) is 0 Å². The van der Waals surface area contributed by atoms with Crippen LogP contribution < -0.4 is 21.3 Å². The summed E-state index contributed by atoms with van der Waals surface area (Å²) in [7, 11) is 1.49. The third-order valence-electron chi connectivity index (χ3n) is 5.70. The molecule has 35 heavy (non-hydrogen) atoms. The molecule has 190 valence electrons. The van der Waals surface area contributed by atoms with Crippen molar-refractivity contribution in [3.05, 3.63) is 40.1 Å². The first-order valence-electron chi connectivity index (χ1n) is 11.1. The molecule has 0 aliphatic carbocycles. The maximum atomic E-state index is 13.9. The van der Waals surface area contributed by atoms with Crippen LogP contribution in [-0.2, 0) is 9.47 Å². The van der Waals surface area contributed by atoms with Gasteiger partial charge in [0.2, 0.25) is 0 Å². The second-order valence-corrected chi connectivity index (χ2v) is 8.91. The number of allylic oxidation sites excluding steroid dienone is 1. The molecule has 13 heteroatoms. The molecule has 2 atom stereocenters. The summed E-state index contributed by atoms with van der Waals surface area (Å²) in [6.45, 7) is 1.99. The first-order chi connectivity index (χ1) is 16.8. The zero-order chi connectivity index (χ0) is 25.0. The molecule has 5 N–H and O–H groups in total. The number of anilines is 1. The summed E-state index contributed by atoms with van der Waals surface area (Å²) in [4.78, 5) is 19.4. The molecular weight excluding hydrogens is 533 g/mol. The minimum absolute atomic E-state index is 0.0847. The number of aromatic nitrogens is 1. The number of aromatic amines is 1. The van der Waals surface area contributed by atoms with Crippen molar-refractivity contribution in [1.29, 1.82) is 0 Å². The summed E-state index contributed by atoms with van der Waals surface area (Å²) in [5.74, 6) is 0. The molecule has 1 amide bonds. The molecule has 2 aromatic rings. The van der Waals surface area contributed by atoms with Crippen LogP contribution in [0, 0.1) is 0 Å². The number of carbonyl (C=O) groups excluding carboxylic acids is 1. The Labute approximate surface area is 208 Å². The zero-order valence-corrected chi connectivity index (χ0v) is 20.5. The van der Waals surface area contributed by atoms with Crippen LogP contribution >= 0.6 is 15.9 Å². The predicted octanol–water partition coefficient (Wildman–Crippen LogP) is 3.59. The average Bonchev–Trinajstić information content (AvgIpc) is 3.26. The van der Waals surface area contributed by atoms with Crippen molar-refractivity contribution in [2.45, 2.75) is 31.3 Å². The van der Waals surface area contributed by atoms with E-state index in [1.807, 2.05) is 0 Å². The van der Waals surface area contributed by atoms with Crippen LogP contribution in [0.5, 0.6) is 0 Å². The fraction of sp³-hybridized carbons (Fsp3) is 0.455. The van der Waals surface area contributed by atoms with Crippen molar-refractivity contribution in [2.75, 3.05) is 38.7 Å². The van der Waals surface area contributed by atoms with Crippen molar-refractivity contribution >= 4 is 44.3 Å². The first-order valence-corrected chi connectivity index (χ1v) is 11.9. The van der Waals surface area contributed by atoms with E-state index < -0.39 is 24.1 Å². The number of benzene rings is 1. The predicted molar refractivity (Wildman–Crippen MR) is 129 cm³/mol. The number of alkyl halides is 3. The van der Waals surface area contributed by atoms with E-state index in [0.29, 0.717) is 26.6 Å². The Morgan fingerprint density at radius 2 is 2.14 bits per heavy atom. The average molecular weight is 559 g/mol. The Balaban J connectivity index is 1.62. The van der Waals surface area contributed by atoms with Crippen molar-refractivity contribution < 1.29 is 27.4 Å². The number of methoxy groups -OCH3 is 1. The summed E-state index contributed by atoms with van der Waals surface area (Å²) < 4.78 is 51.9. The monoisotopic (exact) mass is 558 g/mol. The maximum Gasteiger partial charge on any atom is 0.419 e. The van der Waals surface area contributed by atoms with Crippen molar-refractivity contribution in [3.63, 3.8) is 0 Å². The first kappa shape index (κ1) is 25.5. The molecule has 9 nitrogen and oxygen atoms in total. The topological polar surface area (TPSA) is 112 Å². The van der Waals surface area contributed by atoms with E-state index in [9.17, 15) is 18.0 Å². The van der Waals surface area contributed by atoms with Crippen LogP contribution in [0.1, 0.15) is 18.4 Å². The molecule has 2 aliphatic rings. The van der Waals surface area contributed by atoms with Gasteiger partial charge in [0.05, 0.1) is 33.6 Å². The molecule has 0 radical (unpaired) electrons. The molecule has 1 fully saturated rings. The van der Waals surface area contributed by atoms with E-state index in [2.05, 4.69) is 47.2 Å². The molecule has 2 aliphatic heterocycles. The minimum atomic E-state index is -4.60. The van der Waals surface area contributed by atoms with Gasteiger partial charge in [0.25, 0.3) is 0 Å². The number of ether oxygens (including phenoxy) is 2. The second-order valence-electron chi connectivity index (χ2n) is 8.12. The van der Waals surface area contributed by atoms with Gasteiger partial charge in [0.1, 0.15) is 6.61 Å². The Bertz CT molecular complexity index is 1130. The summed E-state index contributed by atoms with van der Waals surface area (Å²) >= 11 is 3.43. The Hall–Kier alpha value is -2.61. The van der Waals surface area contributed by atoms with Gasteiger partial charge in [-0.15, -0.1) is 0 Å². The van der Waals surface area contributed by atoms with Gasteiger partial charge in [-0.25, -0.2) is 9.79 Å². The smallest absolute Gasteiger partial charge is 0.419 e. The summed E-state index contributed by atoms with van der Waals surface area (Å²) in [5, 5.41) is 12.4. The van der Waals surface area contributed by atoms with Gasteiger partial charge in [-0.3, -0.25) is 10.6 Å². The highest BCUT2D eigenvalue weighted by atomic mass is 79.9. The number of aliphatic imine (C=N–C) groups is 1. The number of H-pyrrole nitrogens is 1. The van der Waals surface area contributed by atoms with E-state index in [0.717, 1.165) is 32.1 Å². The number of amides is 1. The highest BCUT2D eigenvalue weighted by molar-refractivity contribution is 9.10. The molecular formula is C22H26BrF3N6O3. The lowest BCUT2D eigenvalue weighted by Gasteiger charge is -2.30. The molecule has 1 aromatic carbocycles. The summed E-state index contributed by atoms with van der Waals surface area (Å²) in [6.07, 6.45) is -1.62. The molecule has 1 aromatic heterocycles. The molecule has 0 saturated carbocycles. The summed E-state index contributed by atoms with van der Waals surface area (Å²) in [5.41, 5.74) is 0.178. The Morgan fingerprint density at radius 3 is 2.86 bits per heavy atom. The molecule has 1 saturated heterocycles. The summed E-state index contributed by atoms with van der Waals surface area (Å²) in [6, 6.07) is 3.31. The highest BCUT2D eigenvalue weighted by Crippen LogP contribution is 2.36. The van der Waals surface area contributed by atoms with Gasteiger partial charge >= 0.3 is 12.3 Å². The van der Waals surface area contributed by atoms with E-state index >= 15 is 0 Å². The van der Waals surface area contributed by atoms with E-state index in [1.165, 1.54) is 13.3 Å². The minimum Gasteiger partial charge on any atom is -0.447 e. The van der Waals surface area contributed by atoms with E-state index in [1.54, 1.807) is 12.1 Å². The number of fused-ring (bicyclic) bond motifs is 1. The maximum absolute atomic E-state index is 13.9. The fourth-order valence-electron chi connectivity index (χ4n) is 4.02. The number of piperidine rings is 1. The van der Waals surface area contributed by atoms with Crippen LogP contribution in [0.2, 0.25) is 0 Å². The van der Waals surface area contributed by atoms with Gasteiger partial charge in [0.15, 0.2) is 6.29 Å². The lowest BCUT2D eigenvalue weighted by atomic mass is 10.0. The van der Waals surface area contributed by atoms with E-state index in [4.69, 9.17) is 9.47 Å². The fourth-order valence-corrected chi connectivity index (χ4v) is 4.58. The Morgan fingerprint density at radius 1 is 1.31 bits per heavy atom. The number of nitrogens with zero attached hydrogens (tertiary/aromatic N) is 1. The molecule has 4 rings (SSSR count). The Kier molecular flexibility index (Phi) is 7.99. The third-order valence-corrected chi connectivity index (χ3v) is 6.52. The van der Waals surface area contributed by atoms with Crippen molar-refractivity contribution in [2.24, 2.45) is 4.99 Å². The van der Waals surface area contributed by atoms with Crippen LogP contribution in [0.25, 0.3) is 10.9 Å². The number of hydrogen-bond donors (Lipinski definition) is 5. The quantitative estimate of drug-likeness (QED) is 0.332. The standard InChI is InChI=1S/C22H26BrF3N6O3/c1-34-7-8-35-21(33)31-16-5-4-13-14(10-28-19(13)17(16)23)18-15(22(24,25)26)11-29-20(32-18)30-12-3-2-6-27-9-12/h4-5,10-12,20,27-30H,2-3,6-9H2,1H3,(H,31,33). The largest absolute Gasteiger partial charge is 0.447 e. The van der Waals surface area contributed by atoms with Crippen molar-refractivity contribution in [1.82, 2.24) is 20.9 Å². The van der Waals surface area contributed by atoms with Gasteiger partial charge in [-0.2, -0.15) is 13.2 Å². The van der Waals surface area contributed by atoms with Gasteiger partial charge in [-0.1, -0.05) is 6.07 Å². The molecule has 2 unspecified atom stereocenters. The lowest BCUT2D eigenvalue weighted by molar-refractivity contribution is -0.0867. The van der Waals surface area contributed by atoms with E-state index in [-0.39, 0.29) is 25.0 Å². The van der Waals surface area contributed by atoms with Gasteiger partial charge < -0.3 is 25.1 Å². The second kappa shape index (κ2) is 11.0. The normalized spacial score (nSPS) is 20.7. The lowest BCUT2D eigenvalue weighted by Crippen LogP contribution is -2.52. The SMILES string of the molecule is COCCOC(=O)Nc1ccc2c(C3=NC(NC4CCCNC4)NC=C3C(F)(F)F)c[nH]c2c1Br. The molecule has 3 heterocycles. The third kappa shape index (κ3) is 5.97. The number of hydrogen-bond acceptors (Lipinski definition) is 7. The van der Waals surface area contributed by atoms with Crippen LogP contribution in [-0.4, -0.2) is 68.7 Å². The molecule has 0 spiro atoms. The number of nitrogens with one attached hydrogen (secondary N) is 5. The van der Waals surface area contributed by atoms with Gasteiger partial charge in [0, 0.05) is 43.0 Å². The number of carbonyl (C=O) groups is 1.